The number of benzene rings is 5. The number of aromatic nitrogens is 5. The minimum Gasteiger partial charge on any atom is -0.497 e. The van der Waals surface area contributed by atoms with E-state index in [4.69, 9.17) is 36.0 Å². The summed E-state index contributed by atoms with van der Waals surface area (Å²) in [4.78, 5) is 26.3. The van der Waals surface area contributed by atoms with Crippen molar-refractivity contribution in [1.29, 1.82) is 0 Å². The highest BCUT2D eigenvalue weighted by atomic mass is 35.5. The smallest absolute Gasteiger partial charge is 0.354 e. The number of halogens is 1. The van der Waals surface area contributed by atoms with Gasteiger partial charge in [-0.1, -0.05) is 54.1 Å². The highest BCUT2D eigenvalue weighted by molar-refractivity contribution is 7.98. The summed E-state index contributed by atoms with van der Waals surface area (Å²) in [6, 6.07) is 29.9. The van der Waals surface area contributed by atoms with Crippen LogP contribution >= 0.6 is 23.4 Å². The van der Waals surface area contributed by atoms with Gasteiger partial charge in [-0.05, 0) is 90.9 Å². The van der Waals surface area contributed by atoms with Crippen LogP contribution in [0.3, 0.4) is 0 Å². The van der Waals surface area contributed by atoms with Crippen molar-refractivity contribution in [2.45, 2.75) is 57.0 Å². The Kier molecular flexibility index (Phi) is 14.6. The fraction of sp³-hybridized carbons (Fsp3) is 0.260. The van der Waals surface area contributed by atoms with Gasteiger partial charge in [0.25, 0.3) is 5.69 Å². The maximum atomic E-state index is 13.2. The number of thioether (sulfide) groups is 1. The summed E-state index contributed by atoms with van der Waals surface area (Å²) < 4.78 is 49.2. The standard InChI is InChI=1S/C50H50ClN7O9S2/c1-30-46-43(56(20-9-21-59)49(30)50(60)66-6)19-17-40(51)48(46)47-31(2)54(3)53-41(47)27-57(69(63)64)42-18-14-33(23-44(42)58(61)62)22-35-25-36(55(4)52-35)29-68-38-24-34-10-7-8-11-39(34)45(26-38)67-28-32-12-15-37(65-5)16-13-32/h7-8,10-19,23-26,59,69H,9,20-22,27-29H2,1-6H3. The average molecular weight is 993 g/mol. The summed E-state index contributed by atoms with van der Waals surface area (Å²) in [7, 11) is 3.05. The number of anilines is 1. The van der Waals surface area contributed by atoms with Gasteiger partial charge in [0, 0.05) is 94.2 Å². The Morgan fingerprint density at radius 1 is 0.928 bits per heavy atom. The number of ether oxygens (including phenoxy) is 3. The Hall–Kier alpha value is -6.86. The molecule has 8 rings (SSSR count). The molecule has 0 aliphatic heterocycles. The second kappa shape index (κ2) is 20.8. The number of aryl methyl sites for hydroxylation is 4. The molecule has 16 nitrogen and oxygen atoms in total. The van der Waals surface area contributed by atoms with Crippen LogP contribution in [-0.2, 0) is 61.6 Å². The molecule has 0 saturated carbocycles. The predicted molar refractivity (Wildman–Crippen MR) is 268 cm³/mol. The van der Waals surface area contributed by atoms with Gasteiger partial charge in [0.1, 0.15) is 29.5 Å². The number of carbonyl (C=O) groups excluding carboxylic acids is 1. The maximum absolute atomic E-state index is 13.2. The number of hydrogen-bond donors (Lipinski definition) is 2. The van der Waals surface area contributed by atoms with Crippen molar-refractivity contribution >= 4 is 73.3 Å². The van der Waals surface area contributed by atoms with Crippen molar-refractivity contribution in [1.82, 2.24) is 24.1 Å². The number of fused-ring (bicyclic) bond motifs is 2. The second-order valence-electron chi connectivity index (χ2n) is 16.4. The largest absolute Gasteiger partial charge is 0.497 e. The van der Waals surface area contributed by atoms with E-state index in [1.165, 1.54) is 19.2 Å². The molecule has 0 radical (unpaired) electrons. The molecule has 1 N–H and O–H groups in total. The number of aliphatic hydroxyl groups excluding tert-OH is 1. The molecule has 5 aromatic carbocycles. The predicted octanol–water partition coefficient (Wildman–Crippen LogP) is 9.28. The molecule has 358 valence electrons. The van der Waals surface area contributed by atoms with Crippen LogP contribution in [0.25, 0.3) is 32.8 Å². The van der Waals surface area contributed by atoms with Gasteiger partial charge in [-0.15, -0.1) is 11.8 Å². The lowest BCUT2D eigenvalue weighted by Crippen LogP contribution is -2.22. The lowest BCUT2D eigenvalue weighted by Gasteiger charge is -2.18. The van der Waals surface area contributed by atoms with Crippen LogP contribution < -0.4 is 13.8 Å². The Labute approximate surface area is 409 Å². The zero-order valence-electron chi connectivity index (χ0n) is 38.8. The van der Waals surface area contributed by atoms with E-state index in [-0.39, 0.29) is 36.6 Å². The summed E-state index contributed by atoms with van der Waals surface area (Å²) in [5, 5.41) is 34.8. The van der Waals surface area contributed by atoms with Crippen LogP contribution in [0, 0.1) is 24.0 Å². The van der Waals surface area contributed by atoms with Gasteiger partial charge in [-0.3, -0.25) is 23.8 Å². The van der Waals surface area contributed by atoms with Crippen LogP contribution in [0.4, 0.5) is 11.4 Å². The van der Waals surface area contributed by atoms with Gasteiger partial charge < -0.3 is 23.9 Å². The third kappa shape index (κ3) is 10.0. The third-order valence-corrected chi connectivity index (χ3v) is 14.2. The van der Waals surface area contributed by atoms with Crippen LogP contribution in [0.5, 0.6) is 11.5 Å². The normalized spacial score (nSPS) is 11.5. The minimum atomic E-state index is -3.44. The summed E-state index contributed by atoms with van der Waals surface area (Å²) in [5.41, 5.74) is 6.09. The van der Waals surface area contributed by atoms with E-state index < -0.39 is 27.5 Å². The molecule has 0 amide bonds. The molecule has 0 spiro atoms. The number of esters is 1. The number of methoxy groups -OCH3 is 2. The first-order valence-corrected chi connectivity index (χ1v) is 24.4. The molecule has 0 atom stereocenters. The number of aliphatic hydroxyl groups is 1. The second-order valence-corrected chi connectivity index (χ2v) is 18.8. The van der Waals surface area contributed by atoms with Crippen LogP contribution in [0.1, 0.15) is 56.4 Å². The fourth-order valence-corrected chi connectivity index (χ4v) is 10.5. The molecule has 0 aliphatic carbocycles. The number of nitro benzene ring substituents is 1. The van der Waals surface area contributed by atoms with Crippen molar-refractivity contribution < 1.29 is 37.5 Å². The SMILES string of the molecule is COC(=O)c1c(C)c2c(-c3c(CN(c4ccc(Cc5cc(CSc6cc(OCc7ccc(OC)cc7)c7ccccc7c6)n(C)n5)cc4[N+](=O)[O-])[SH](=O)=O)nn(C)c3C)c(Cl)ccc2n1CCCO. The highest BCUT2D eigenvalue weighted by Crippen LogP contribution is 2.44. The Balaban J connectivity index is 1.05. The van der Waals surface area contributed by atoms with Crippen LogP contribution in [-0.4, -0.2) is 69.4 Å². The average Bonchev–Trinajstić information content (AvgIpc) is 3.94. The molecule has 0 aliphatic rings. The summed E-state index contributed by atoms with van der Waals surface area (Å²) in [6.45, 7) is 3.81. The molecular weight excluding hydrogens is 942 g/mol. The summed E-state index contributed by atoms with van der Waals surface area (Å²) in [6.07, 6.45) is 0.616. The topological polar surface area (TPSA) is 186 Å². The van der Waals surface area contributed by atoms with Crippen molar-refractivity contribution in [2.24, 2.45) is 14.1 Å². The first kappa shape index (κ1) is 48.6. The number of thiol groups is 1. The van der Waals surface area contributed by atoms with Crippen molar-refractivity contribution in [3.63, 3.8) is 0 Å². The molecule has 0 unspecified atom stereocenters. The molecule has 8 aromatic rings. The van der Waals surface area contributed by atoms with Crippen molar-refractivity contribution in [2.75, 3.05) is 25.1 Å². The van der Waals surface area contributed by atoms with Gasteiger partial charge >= 0.3 is 5.97 Å². The zero-order chi connectivity index (χ0) is 49.1. The Morgan fingerprint density at radius 3 is 2.39 bits per heavy atom. The maximum Gasteiger partial charge on any atom is 0.354 e. The number of hydrogen-bond acceptors (Lipinski definition) is 12. The highest BCUT2D eigenvalue weighted by Gasteiger charge is 2.30. The molecule has 0 saturated heterocycles. The lowest BCUT2D eigenvalue weighted by atomic mass is 9.96. The first-order chi connectivity index (χ1) is 33.2. The Bertz CT molecular complexity index is 3320. The van der Waals surface area contributed by atoms with E-state index in [9.17, 15) is 28.4 Å². The molecule has 69 heavy (non-hydrogen) atoms. The summed E-state index contributed by atoms with van der Waals surface area (Å²) in [5.74, 6) is 1.56. The molecular formula is C50H50ClN7O9S2. The number of nitrogens with zero attached hydrogens (tertiary/aromatic N) is 7. The van der Waals surface area contributed by atoms with E-state index in [0.717, 1.165) is 42.7 Å². The van der Waals surface area contributed by atoms with Gasteiger partial charge in [0.15, 0.2) is 0 Å². The molecule has 0 bridgehead atoms. The van der Waals surface area contributed by atoms with Gasteiger partial charge in [-0.25, -0.2) is 13.2 Å². The number of carbonyl (C=O) groups is 1. The van der Waals surface area contributed by atoms with E-state index in [1.54, 1.807) is 65.0 Å². The zero-order valence-corrected chi connectivity index (χ0v) is 41.2. The number of rotatable bonds is 19. The lowest BCUT2D eigenvalue weighted by molar-refractivity contribution is -0.384. The molecule has 3 aromatic heterocycles. The van der Waals surface area contributed by atoms with Gasteiger partial charge in [0.2, 0.25) is 10.9 Å². The van der Waals surface area contributed by atoms with E-state index >= 15 is 0 Å². The van der Waals surface area contributed by atoms with Crippen molar-refractivity contribution in [3.05, 3.63) is 157 Å². The summed E-state index contributed by atoms with van der Waals surface area (Å²) >= 11 is 8.62. The van der Waals surface area contributed by atoms with Gasteiger partial charge in [-0.2, -0.15) is 10.2 Å². The molecule has 0 fully saturated rings. The van der Waals surface area contributed by atoms with E-state index in [2.05, 4.69) is 12.1 Å². The van der Waals surface area contributed by atoms with Crippen LogP contribution in [0.2, 0.25) is 5.02 Å². The van der Waals surface area contributed by atoms with Crippen molar-refractivity contribution in [3.8, 4) is 22.6 Å². The van der Waals surface area contributed by atoms with Gasteiger partial charge in [0.05, 0.1) is 37.1 Å². The number of nitro groups is 1. The Morgan fingerprint density at radius 2 is 1.68 bits per heavy atom. The fourth-order valence-electron chi connectivity index (χ4n) is 8.70. The molecule has 3 heterocycles. The third-order valence-electron chi connectivity index (χ3n) is 12.2. The van der Waals surface area contributed by atoms with Crippen LogP contribution in [0.15, 0.2) is 102 Å². The van der Waals surface area contributed by atoms with E-state index in [0.29, 0.717) is 74.9 Å². The monoisotopic (exact) mass is 991 g/mol. The minimum absolute atomic E-state index is 0.107. The molecule has 19 heteroatoms. The van der Waals surface area contributed by atoms with E-state index in [1.807, 2.05) is 68.6 Å². The quantitative estimate of drug-likeness (QED) is 0.0258. The first-order valence-electron chi connectivity index (χ1n) is 21.9.